The first kappa shape index (κ1) is 14.0. The van der Waals surface area contributed by atoms with Crippen molar-refractivity contribution in [2.45, 2.75) is 48.0 Å². The molecule has 0 fully saturated rings. The zero-order valence-corrected chi connectivity index (χ0v) is 9.23. The average molecular weight is 174 g/mol. The number of esters is 1. The van der Waals surface area contributed by atoms with E-state index in [-0.39, 0.29) is 5.97 Å². The Kier molecular flexibility index (Phi) is 8.34. The average Bonchev–Trinajstić information content (AvgIpc) is 1.87. The molecule has 0 bridgehead atoms. The van der Waals surface area contributed by atoms with Crippen molar-refractivity contribution in [3.63, 3.8) is 0 Å². The Morgan fingerprint density at radius 2 is 1.58 bits per heavy atom. The molecule has 0 aromatic rings. The summed E-state index contributed by atoms with van der Waals surface area (Å²) in [5.41, 5.74) is 0.542. The number of hydrogen-bond donors (Lipinski definition) is 0. The van der Waals surface area contributed by atoms with Crippen molar-refractivity contribution < 1.29 is 9.53 Å². The summed E-state index contributed by atoms with van der Waals surface area (Å²) in [6.07, 6.45) is 1.27. The Labute approximate surface area is 76.3 Å². The topological polar surface area (TPSA) is 26.3 Å². The van der Waals surface area contributed by atoms with E-state index in [4.69, 9.17) is 0 Å². The van der Waals surface area contributed by atoms with Gasteiger partial charge in [-0.25, -0.2) is 0 Å². The van der Waals surface area contributed by atoms with Crippen LogP contribution in [0.2, 0.25) is 0 Å². The second kappa shape index (κ2) is 7.14. The highest BCUT2D eigenvalue weighted by Gasteiger charge is 2.03. The summed E-state index contributed by atoms with van der Waals surface area (Å²) >= 11 is 0. The van der Waals surface area contributed by atoms with E-state index in [0.29, 0.717) is 12.0 Å². The van der Waals surface area contributed by atoms with Crippen molar-refractivity contribution in [2.24, 2.45) is 5.41 Å². The van der Waals surface area contributed by atoms with Crippen LogP contribution in [0, 0.1) is 5.41 Å². The summed E-state index contributed by atoms with van der Waals surface area (Å²) in [6, 6.07) is 0. The van der Waals surface area contributed by atoms with Crippen LogP contribution in [0.25, 0.3) is 0 Å². The van der Waals surface area contributed by atoms with Crippen LogP contribution in [0.1, 0.15) is 48.0 Å². The fourth-order valence-corrected chi connectivity index (χ4v) is 0.203. The molecular weight excluding hydrogens is 152 g/mol. The maximum absolute atomic E-state index is 9.82. The first-order valence-electron chi connectivity index (χ1n) is 4.46. The lowest BCUT2D eigenvalue weighted by Gasteiger charge is -2.12. The third-order valence-corrected chi connectivity index (χ3v) is 1.41. The molecule has 0 unspecified atom stereocenters. The van der Waals surface area contributed by atoms with Crippen LogP contribution in [0.15, 0.2) is 0 Å². The maximum atomic E-state index is 9.82. The summed E-state index contributed by atoms with van der Waals surface area (Å²) in [7, 11) is 0. The second-order valence-electron chi connectivity index (χ2n) is 3.84. The van der Waals surface area contributed by atoms with Crippen molar-refractivity contribution in [2.75, 3.05) is 6.61 Å². The SMILES string of the molecule is CCC(C)(C)C.CCOC(C)=O. The summed E-state index contributed by atoms with van der Waals surface area (Å²) in [6.45, 7) is 12.6. The Hall–Kier alpha value is -0.530. The van der Waals surface area contributed by atoms with Crippen molar-refractivity contribution in [3.8, 4) is 0 Å². The Bertz CT molecular complexity index is 111. The predicted molar refractivity (Wildman–Crippen MR) is 52.1 cm³/mol. The number of carbonyl (C=O) groups excluding carboxylic acids is 1. The van der Waals surface area contributed by atoms with Gasteiger partial charge in [-0.3, -0.25) is 4.79 Å². The van der Waals surface area contributed by atoms with Gasteiger partial charge in [-0.15, -0.1) is 0 Å². The monoisotopic (exact) mass is 174 g/mol. The smallest absolute Gasteiger partial charge is 0.302 e. The number of ether oxygens (including phenoxy) is 1. The molecule has 0 heterocycles. The van der Waals surface area contributed by atoms with Gasteiger partial charge in [0.15, 0.2) is 0 Å². The van der Waals surface area contributed by atoms with Crippen LogP contribution in [0.5, 0.6) is 0 Å². The molecular formula is C10H22O2. The van der Waals surface area contributed by atoms with Crippen LogP contribution in [0.3, 0.4) is 0 Å². The van der Waals surface area contributed by atoms with E-state index < -0.39 is 0 Å². The standard InChI is InChI=1S/C6H14.C4H8O2/c1-5-6(2,3)4;1-3-6-4(2)5/h5H2,1-4H3;3H2,1-2H3. The van der Waals surface area contributed by atoms with Crippen LogP contribution >= 0.6 is 0 Å². The highest BCUT2D eigenvalue weighted by Crippen LogP contribution is 2.16. The minimum Gasteiger partial charge on any atom is -0.466 e. The molecule has 0 spiro atoms. The Morgan fingerprint density at radius 3 is 1.58 bits per heavy atom. The van der Waals surface area contributed by atoms with Crippen LogP contribution in [-0.2, 0) is 9.53 Å². The fourth-order valence-electron chi connectivity index (χ4n) is 0.203. The summed E-state index contributed by atoms with van der Waals surface area (Å²) in [5, 5.41) is 0. The van der Waals surface area contributed by atoms with E-state index in [1.807, 2.05) is 0 Å². The first-order chi connectivity index (χ1) is 5.33. The molecule has 0 aromatic carbocycles. The first-order valence-corrected chi connectivity index (χ1v) is 4.46. The molecule has 12 heavy (non-hydrogen) atoms. The molecule has 74 valence electrons. The predicted octanol–water partition coefficient (Wildman–Crippen LogP) is 3.01. The number of rotatable bonds is 1. The molecule has 0 saturated heterocycles. The molecule has 0 N–H and O–H groups in total. The van der Waals surface area contributed by atoms with Crippen LogP contribution in [0.4, 0.5) is 0 Å². The lowest BCUT2D eigenvalue weighted by molar-refractivity contribution is -0.140. The van der Waals surface area contributed by atoms with Gasteiger partial charge in [0.05, 0.1) is 6.61 Å². The minimum absolute atomic E-state index is 0.211. The quantitative estimate of drug-likeness (QED) is 0.571. The van der Waals surface area contributed by atoms with Gasteiger partial charge in [-0.2, -0.15) is 0 Å². The van der Waals surface area contributed by atoms with E-state index in [9.17, 15) is 4.79 Å². The van der Waals surface area contributed by atoms with Gasteiger partial charge >= 0.3 is 5.97 Å². The molecule has 0 rings (SSSR count). The molecule has 0 saturated carbocycles. The lowest BCUT2D eigenvalue weighted by Crippen LogP contribution is -2.00. The summed E-state index contributed by atoms with van der Waals surface area (Å²) < 4.78 is 4.40. The minimum atomic E-state index is -0.211. The molecule has 0 amide bonds. The Morgan fingerprint density at radius 1 is 1.25 bits per heavy atom. The summed E-state index contributed by atoms with van der Waals surface area (Å²) in [4.78, 5) is 9.82. The summed E-state index contributed by atoms with van der Waals surface area (Å²) in [5.74, 6) is -0.211. The molecule has 0 aliphatic rings. The number of hydrogen-bond acceptors (Lipinski definition) is 2. The van der Waals surface area contributed by atoms with Crippen molar-refractivity contribution in [3.05, 3.63) is 0 Å². The highest BCUT2D eigenvalue weighted by atomic mass is 16.5. The molecule has 2 heteroatoms. The Balaban J connectivity index is 0. The number of carbonyl (C=O) groups is 1. The zero-order chi connectivity index (χ0) is 10.2. The molecule has 0 atom stereocenters. The van der Waals surface area contributed by atoms with Crippen molar-refractivity contribution >= 4 is 5.97 Å². The normalized spacial score (nSPS) is 9.83. The van der Waals surface area contributed by atoms with E-state index >= 15 is 0 Å². The van der Waals surface area contributed by atoms with Gasteiger partial charge in [-0.05, 0) is 12.3 Å². The van der Waals surface area contributed by atoms with Crippen molar-refractivity contribution in [1.82, 2.24) is 0 Å². The lowest BCUT2D eigenvalue weighted by atomic mass is 9.94. The second-order valence-corrected chi connectivity index (χ2v) is 3.84. The van der Waals surface area contributed by atoms with E-state index in [1.54, 1.807) is 6.92 Å². The van der Waals surface area contributed by atoms with Gasteiger partial charge in [0, 0.05) is 6.92 Å². The van der Waals surface area contributed by atoms with Gasteiger partial charge in [0.2, 0.25) is 0 Å². The third kappa shape index (κ3) is 22.7. The molecule has 0 aliphatic carbocycles. The van der Waals surface area contributed by atoms with E-state index in [2.05, 4.69) is 32.4 Å². The third-order valence-electron chi connectivity index (χ3n) is 1.41. The molecule has 0 radical (unpaired) electrons. The fraction of sp³-hybridized carbons (Fsp3) is 0.900. The molecule has 0 aliphatic heterocycles. The largest absolute Gasteiger partial charge is 0.466 e. The molecule has 0 aromatic heterocycles. The molecule has 2 nitrogen and oxygen atoms in total. The van der Waals surface area contributed by atoms with E-state index in [1.165, 1.54) is 13.3 Å². The van der Waals surface area contributed by atoms with Crippen LogP contribution < -0.4 is 0 Å². The van der Waals surface area contributed by atoms with Crippen LogP contribution in [-0.4, -0.2) is 12.6 Å². The van der Waals surface area contributed by atoms with Gasteiger partial charge in [0.1, 0.15) is 0 Å². The van der Waals surface area contributed by atoms with E-state index in [0.717, 1.165) is 0 Å². The highest BCUT2D eigenvalue weighted by molar-refractivity contribution is 5.65. The van der Waals surface area contributed by atoms with Gasteiger partial charge < -0.3 is 4.74 Å². The van der Waals surface area contributed by atoms with Crippen molar-refractivity contribution in [1.29, 1.82) is 0 Å². The van der Waals surface area contributed by atoms with Gasteiger partial charge in [-0.1, -0.05) is 34.1 Å². The van der Waals surface area contributed by atoms with Gasteiger partial charge in [0.25, 0.3) is 0 Å². The maximum Gasteiger partial charge on any atom is 0.302 e. The zero-order valence-electron chi connectivity index (χ0n) is 9.23.